The molecule has 1 heterocycles. The molecular weight excluding hydrogens is 300 g/mol. The Hall–Kier alpha value is -2.10. The molecule has 1 saturated carbocycles. The number of hydrogen-bond donors (Lipinski definition) is 1. The molecule has 0 aliphatic heterocycles. The predicted octanol–water partition coefficient (Wildman–Crippen LogP) is 4.01. The van der Waals surface area contributed by atoms with E-state index in [9.17, 15) is 9.59 Å². The van der Waals surface area contributed by atoms with E-state index in [0.717, 1.165) is 35.9 Å². The van der Waals surface area contributed by atoms with Crippen molar-refractivity contribution >= 4 is 22.6 Å². The molecule has 1 aromatic carbocycles. The van der Waals surface area contributed by atoms with Crippen molar-refractivity contribution in [2.24, 2.45) is 11.1 Å². The topological polar surface area (TPSA) is 65.1 Å². The lowest BCUT2D eigenvalue weighted by Crippen LogP contribution is -2.36. The molecule has 1 fully saturated rings. The van der Waals surface area contributed by atoms with E-state index in [-0.39, 0.29) is 11.7 Å². The number of fused-ring (bicyclic) bond motifs is 1. The fourth-order valence-corrected chi connectivity index (χ4v) is 3.40. The monoisotopic (exact) mass is 326 g/mol. The number of nitrogens with zero attached hydrogens (tertiary/aromatic N) is 1. The molecule has 4 heteroatoms. The third-order valence-corrected chi connectivity index (χ3v) is 4.96. The lowest BCUT2D eigenvalue weighted by Gasteiger charge is -2.23. The van der Waals surface area contributed by atoms with Gasteiger partial charge in [-0.1, -0.05) is 25.1 Å². The fraction of sp³-hybridized carbons (Fsp3) is 0.500. The first-order valence-corrected chi connectivity index (χ1v) is 8.81. The van der Waals surface area contributed by atoms with Crippen molar-refractivity contribution in [3.8, 4) is 0 Å². The van der Waals surface area contributed by atoms with Gasteiger partial charge in [-0.05, 0) is 50.7 Å². The first-order chi connectivity index (χ1) is 11.4. The molecular formula is C20H26N2O2. The smallest absolute Gasteiger partial charge is 0.224 e. The molecule has 2 aromatic rings. The molecule has 3 rings (SSSR count). The van der Waals surface area contributed by atoms with Crippen LogP contribution < -0.4 is 5.73 Å². The van der Waals surface area contributed by atoms with Crippen molar-refractivity contribution in [3.05, 3.63) is 35.5 Å². The van der Waals surface area contributed by atoms with Crippen LogP contribution in [0.2, 0.25) is 0 Å². The zero-order valence-corrected chi connectivity index (χ0v) is 14.8. The van der Waals surface area contributed by atoms with Crippen LogP contribution in [0.4, 0.5) is 0 Å². The first-order valence-electron chi connectivity index (χ1n) is 8.81. The predicted molar refractivity (Wildman–Crippen MR) is 96.1 cm³/mol. The average molecular weight is 326 g/mol. The molecule has 1 aromatic heterocycles. The fourth-order valence-electron chi connectivity index (χ4n) is 3.40. The Morgan fingerprint density at radius 1 is 1.25 bits per heavy atom. The number of rotatable bonds is 7. The summed E-state index contributed by atoms with van der Waals surface area (Å²) >= 11 is 0. The minimum Gasteiger partial charge on any atom is -0.369 e. The third-order valence-electron chi connectivity index (χ3n) is 4.96. The Bertz CT molecular complexity index is 797. The highest BCUT2D eigenvalue weighted by molar-refractivity contribution is 6.03. The minimum atomic E-state index is -0.705. The Balaban J connectivity index is 2.23. The van der Waals surface area contributed by atoms with Gasteiger partial charge in [0, 0.05) is 23.9 Å². The van der Waals surface area contributed by atoms with E-state index in [1.165, 1.54) is 5.56 Å². The highest BCUT2D eigenvalue weighted by Crippen LogP contribution is 2.47. The van der Waals surface area contributed by atoms with E-state index in [0.29, 0.717) is 18.9 Å². The van der Waals surface area contributed by atoms with Gasteiger partial charge in [-0.25, -0.2) is 0 Å². The van der Waals surface area contributed by atoms with Crippen molar-refractivity contribution in [3.63, 3.8) is 0 Å². The molecule has 1 aliphatic carbocycles. The zero-order chi connectivity index (χ0) is 17.5. The molecule has 0 saturated heterocycles. The number of Topliss-reactive ketones (excluding diaryl/α,β-unsaturated/α-hetero) is 1. The molecule has 0 spiro atoms. The number of primary amides is 1. The number of amides is 1. The summed E-state index contributed by atoms with van der Waals surface area (Å²) in [4.78, 5) is 24.8. The van der Waals surface area contributed by atoms with Crippen LogP contribution in [0.1, 0.15) is 68.4 Å². The van der Waals surface area contributed by atoms with Crippen LogP contribution in [-0.2, 0) is 11.3 Å². The van der Waals surface area contributed by atoms with E-state index < -0.39 is 5.41 Å². The number of hydrogen-bond acceptors (Lipinski definition) is 2. The van der Waals surface area contributed by atoms with E-state index >= 15 is 0 Å². The van der Waals surface area contributed by atoms with Gasteiger partial charge < -0.3 is 10.3 Å². The number of carbonyl (C=O) groups is 2. The van der Waals surface area contributed by atoms with Crippen molar-refractivity contribution in [2.45, 2.75) is 58.9 Å². The number of aromatic nitrogens is 1. The van der Waals surface area contributed by atoms with Crippen molar-refractivity contribution in [1.82, 2.24) is 4.57 Å². The van der Waals surface area contributed by atoms with Crippen LogP contribution in [0.25, 0.3) is 10.9 Å². The Morgan fingerprint density at radius 3 is 2.50 bits per heavy atom. The number of carbonyl (C=O) groups excluding carboxylic acids is 2. The zero-order valence-electron chi connectivity index (χ0n) is 14.8. The SMILES string of the molecule is CCCC(=O)c1c(C2CC2)c2ccccc2n1CC(C)(C)C(N)=O. The van der Waals surface area contributed by atoms with Crippen molar-refractivity contribution < 1.29 is 9.59 Å². The van der Waals surface area contributed by atoms with E-state index in [4.69, 9.17) is 5.73 Å². The van der Waals surface area contributed by atoms with Crippen LogP contribution in [-0.4, -0.2) is 16.3 Å². The maximum absolute atomic E-state index is 12.9. The Kier molecular flexibility index (Phi) is 4.24. The molecule has 1 amide bonds. The number of ketones is 1. The largest absolute Gasteiger partial charge is 0.369 e. The normalized spacial score (nSPS) is 15.0. The summed E-state index contributed by atoms with van der Waals surface area (Å²) in [6.07, 6.45) is 3.63. The summed E-state index contributed by atoms with van der Waals surface area (Å²) < 4.78 is 2.05. The molecule has 0 bridgehead atoms. The molecule has 4 nitrogen and oxygen atoms in total. The second-order valence-corrected chi connectivity index (χ2v) is 7.56. The standard InChI is InChI=1S/C20H26N2O2/c1-4-7-16(23)18-17(13-10-11-13)14-8-5-6-9-15(14)22(18)12-20(2,3)19(21)24/h5-6,8-9,13H,4,7,10-12H2,1-3H3,(H2,21,24). The summed E-state index contributed by atoms with van der Waals surface area (Å²) in [7, 11) is 0. The van der Waals surface area contributed by atoms with E-state index in [2.05, 4.69) is 6.07 Å². The summed E-state index contributed by atoms with van der Waals surface area (Å²) in [5.41, 5.74) is 7.90. The first kappa shape index (κ1) is 16.7. The average Bonchev–Trinajstić information content (AvgIpc) is 3.31. The van der Waals surface area contributed by atoms with Crippen LogP contribution in [0, 0.1) is 5.41 Å². The number of nitrogens with two attached hydrogens (primary N) is 1. The molecule has 0 unspecified atom stereocenters. The second kappa shape index (κ2) is 6.08. The lowest BCUT2D eigenvalue weighted by molar-refractivity contribution is -0.126. The molecule has 0 radical (unpaired) electrons. The van der Waals surface area contributed by atoms with Gasteiger partial charge in [0.2, 0.25) is 5.91 Å². The Labute approximate surface area is 143 Å². The summed E-state index contributed by atoms with van der Waals surface area (Å²) in [5, 5.41) is 1.15. The second-order valence-electron chi connectivity index (χ2n) is 7.56. The quantitative estimate of drug-likeness (QED) is 0.781. The Morgan fingerprint density at radius 2 is 1.92 bits per heavy atom. The van der Waals surface area contributed by atoms with E-state index in [1.54, 1.807) is 0 Å². The van der Waals surface area contributed by atoms with Gasteiger partial charge in [0.1, 0.15) is 0 Å². The lowest BCUT2D eigenvalue weighted by atomic mass is 9.92. The van der Waals surface area contributed by atoms with Gasteiger partial charge in [0.15, 0.2) is 5.78 Å². The number of benzene rings is 1. The van der Waals surface area contributed by atoms with Gasteiger partial charge in [-0.3, -0.25) is 9.59 Å². The minimum absolute atomic E-state index is 0.177. The molecule has 24 heavy (non-hydrogen) atoms. The van der Waals surface area contributed by atoms with Gasteiger partial charge >= 0.3 is 0 Å². The van der Waals surface area contributed by atoms with Gasteiger partial charge in [-0.2, -0.15) is 0 Å². The van der Waals surface area contributed by atoms with Crippen molar-refractivity contribution in [1.29, 1.82) is 0 Å². The van der Waals surface area contributed by atoms with Crippen LogP contribution in [0.5, 0.6) is 0 Å². The molecule has 2 N–H and O–H groups in total. The molecule has 128 valence electrons. The third kappa shape index (κ3) is 2.85. The summed E-state index contributed by atoms with van der Waals surface area (Å²) in [5.74, 6) is 0.307. The van der Waals surface area contributed by atoms with Crippen LogP contribution >= 0.6 is 0 Å². The van der Waals surface area contributed by atoms with Gasteiger partial charge in [-0.15, -0.1) is 0 Å². The maximum Gasteiger partial charge on any atom is 0.224 e. The molecule has 0 atom stereocenters. The van der Waals surface area contributed by atoms with E-state index in [1.807, 2.05) is 43.5 Å². The number of para-hydroxylation sites is 1. The highest BCUT2D eigenvalue weighted by atomic mass is 16.1. The maximum atomic E-state index is 12.9. The molecule has 1 aliphatic rings. The van der Waals surface area contributed by atoms with Crippen molar-refractivity contribution in [2.75, 3.05) is 0 Å². The van der Waals surface area contributed by atoms with Gasteiger partial charge in [0.25, 0.3) is 0 Å². The van der Waals surface area contributed by atoms with Crippen LogP contribution in [0.15, 0.2) is 24.3 Å². The summed E-state index contributed by atoms with van der Waals surface area (Å²) in [6, 6.07) is 8.15. The van der Waals surface area contributed by atoms with Crippen LogP contribution in [0.3, 0.4) is 0 Å². The van der Waals surface area contributed by atoms with Gasteiger partial charge in [0.05, 0.1) is 11.1 Å². The summed E-state index contributed by atoms with van der Waals surface area (Å²) in [6.45, 7) is 6.14. The highest BCUT2D eigenvalue weighted by Gasteiger charge is 2.35.